The first-order chi connectivity index (χ1) is 8.56. The monoisotopic (exact) mass is 382 g/mol. The van der Waals surface area contributed by atoms with E-state index in [9.17, 15) is 5.11 Å². The summed E-state index contributed by atoms with van der Waals surface area (Å²) in [6, 6.07) is 0.825. The molecule has 5 heteroatoms. The van der Waals surface area contributed by atoms with Crippen molar-refractivity contribution in [2.75, 3.05) is 6.54 Å². The number of alkyl halides is 2. The molecule has 0 heterocycles. The summed E-state index contributed by atoms with van der Waals surface area (Å²) in [5.74, 6) is 0.541. The van der Waals surface area contributed by atoms with Gasteiger partial charge in [0.15, 0.2) is 0 Å². The van der Waals surface area contributed by atoms with Crippen LogP contribution in [0.25, 0.3) is 0 Å². The topological polar surface area (TPSA) is 58.3 Å². The molecule has 2 aliphatic carbocycles. The fourth-order valence-electron chi connectivity index (χ4n) is 3.10. The van der Waals surface area contributed by atoms with Gasteiger partial charge in [0.2, 0.25) is 0 Å². The number of aliphatic hydroxyl groups excluding tert-OH is 1. The minimum Gasteiger partial charge on any atom is -0.393 e. The molecule has 4 unspecified atom stereocenters. The van der Waals surface area contributed by atoms with E-state index < -0.39 is 0 Å². The molecule has 2 fully saturated rings. The van der Waals surface area contributed by atoms with Gasteiger partial charge in [0, 0.05) is 21.7 Å². The van der Waals surface area contributed by atoms with Crippen LogP contribution in [0.3, 0.4) is 0 Å². The molecule has 2 saturated carbocycles. The molecule has 18 heavy (non-hydrogen) atoms. The molecule has 0 aromatic carbocycles. The second-order valence-corrected chi connectivity index (χ2v) is 8.31. The molecule has 3 nitrogen and oxygen atoms in total. The van der Waals surface area contributed by atoms with Gasteiger partial charge in [-0.2, -0.15) is 0 Å². The van der Waals surface area contributed by atoms with Crippen LogP contribution >= 0.6 is 31.9 Å². The van der Waals surface area contributed by atoms with Gasteiger partial charge >= 0.3 is 0 Å². The van der Waals surface area contributed by atoms with Gasteiger partial charge in [-0.15, -0.1) is 0 Å². The van der Waals surface area contributed by atoms with E-state index in [1.165, 1.54) is 0 Å². The maximum Gasteiger partial charge on any atom is 0.0541 e. The average Bonchev–Trinajstić information content (AvgIpc) is 2.34. The van der Waals surface area contributed by atoms with E-state index in [0.717, 1.165) is 45.1 Å². The number of rotatable bonds is 3. The van der Waals surface area contributed by atoms with E-state index in [-0.39, 0.29) is 12.1 Å². The molecule has 0 aliphatic heterocycles. The molecule has 106 valence electrons. The van der Waals surface area contributed by atoms with Crippen LogP contribution in [0.2, 0.25) is 0 Å². The van der Waals surface area contributed by atoms with E-state index in [2.05, 4.69) is 37.2 Å². The lowest BCUT2D eigenvalue weighted by Crippen LogP contribution is -2.50. The highest BCUT2D eigenvalue weighted by molar-refractivity contribution is 9.10. The van der Waals surface area contributed by atoms with Crippen molar-refractivity contribution >= 4 is 31.9 Å². The highest BCUT2D eigenvalue weighted by atomic mass is 79.9. The first-order valence-electron chi connectivity index (χ1n) is 7.01. The number of hydrogen-bond acceptors (Lipinski definition) is 3. The zero-order chi connectivity index (χ0) is 13.1. The first kappa shape index (κ1) is 15.2. The van der Waals surface area contributed by atoms with Gasteiger partial charge < -0.3 is 16.2 Å². The lowest BCUT2D eigenvalue weighted by molar-refractivity contribution is 0.115. The molecule has 0 spiro atoms. The Morgan fingerprint density at radius 3 is 2.44 bits per heavy atom. The lowest BCUT2D eigenvalue weighted by atomic mass is 9.84. The Morgan fingerprint density at radius 2 is 1.78 bits per heavy atom. The zero-order valence-corrected chi connectivity index (χ0v) is 13.9. The van der Waals surface area contributed by atoms with Crippen molar-refractivity contribution in [1.82, 2.24) is 5.32 Å². The predicted octanol–water partition coefficient (Wildman–Crippen LogP) is 2.14. The van der Waals surface area contributed by atoms with Crippen LogP contribution < -0.4 is 11.1 Å². The van der Waals surface area contributed by atoms with Crippen molar-refractivity contribution in [3.8, 4) is 0 Å². The number of nitrogens with one attached hydrogen (secondary N) is 1. The molecule has 0 radical (unpaired) electrons. The summed E-state index contributed by atoms with van der Waals surface area (Å²) in [5.41, 5.74) is 6.27. The molecule has 0 aromatic rings. The molecule has 0 saturated heterocycles. The van der Waals surface area contributed by atoms with E-state index in [1.807, 2.05) is 0 Å². The maximum atomic E-state index is 9.50. The van der Waals surface area contributed by atoms with E-state index in [1.54, 1.807) is 0 Å². The molecule has 4 N–H and O–H groups in total. The second kappa shape index (κ2) is 7.02. The molecule has 0 aromatic heterocycles. The van der Waals surface area contributed by atoms with Gasteiger partial charge in [0.25, 0.3) is 0 Å². The van der Waals surface area contributed by atoms with Crippen molar-refractivity contribution < 1.29 is 5.11 Å². The number of aliphatic hydroxyl groups is 1. The largest absolute Gasteiger partial charge is 0.393 e. The lowest BCUT2D eigenvalue weighted by Gasteiger charge is -2.37. The summed E-state index contributed by atoms with van der Waals surface area (Å²) in [7, 11) is 0. The predicted molar refractivity (Wildman–Crippen MR) is 82.4 cm³/mol. The van der Waals surface area contributed by atoms with Crippen molar-refractivity contribution in [3.05, 3.63) is 0 Å². The third-order valence-electron chi connectivity index (χ3n) is 4.37. The molecule has 2 aliphatic rings. The summed E-state index contributed by atoms with van der Waals surface area (Å²) >= 11 is 7.42. The summed E-state index contributed by atoms with van der Waals surface area (Å²) in [6.07, 6.45) is 6.28. The van der Waals surface area contributed by atoms with Crippen LogP contribution in [0.15, 0.2) is 0 Å². The smallest absolute Gasteiger partial charge is 0.0541 e. The van der Waals surface area contributed by atoms with E-state index in [0.29, 0.717) is 21.6 Å². The molecule has 0 bridgehead atoms. The fraction of sp³-hybridized carbons (Fsp3) is 1.00. The van der Waals surface area contributed by atoms with Crippen molar-refractivity contribution in [2.24, 2.45) is 11.7 Å². The quantitative estimate of drug-likeness (QED) is 0.654. The van der Waals surface area contributed by atoms with Crippen molar-refractivity contribution in [2.45, 2.75) is 66.4 Å². The van der Waals surface area contributed by atoms with Crippen molar-refractivity contribution in [1.29, 1.82) is 0 Å². The van der Waals surface area contributed by atoms with Gasteiger partial charge in [0.1, 0.15) is 0 Å². The highest BCUT2D eigenvalue weighted by Crippen LogP contribution is 2.32. The van der Waals surface area contributed by atoms with Crippen LogP contribution in [-0.4, -0.2) is 39.5 Å². The zero-order valence-electron chi connectivity index (χ0n) is 10.7. The van der Waals surface area contributed by atoms with Crippen LogP contribution in [0, 0.1) is 5.92 Å². The van der Waals surface area contributed by atoms with Crippen LogP contribution in [-0.2, 0) is 0 Å². The Kier molecular flexibility index (Phi) is 5.94. The summed E-state index contributed by atoms with van der Waals surface area (Å²) in [5, 5.41) is 13.1. The Bertz CT molecular complexity index is 259. The minimum absolute atomic E-state index is 0.0705. The highest BCUT2D eigenvalue weighted by Gasteiger charge is 2.33. The molecular weight excluding hydrogens is 360 g/mol. The maximum absolute atomic E-state index is 9.50. The number of nitrogens with two attached hydrogens (primary N) is 1. The standard InChI is InChI=1S/C13H24Br2N2O/c14-9-5-8(13(16)12(15)6-9)7-17-10-1-3-11(18)4-2-10/h8-13,17-18H,1-7,16H2. The third kappa shape index (κ3) is 4.17. The third-order valence-corrected chi connectivity index (χ3v) is 6.10. The Balaban J connectivity index is 1.75. The van der Waals surface area contributed by atoms with E-state index in [4.69, 9.17) is 5.73 Å². The first-order valence-corrected chi connectivity index (χ1v) is 8.84. The fourth-order valence-corrected chi connectivity index (χ4v) is 5.36. The average molecular weight is 384 g/mol. The summed E-state index contributed by atoms with van der Waals surface area (Å²) < 4.78 is 0. The van der Waals surface area contributed by atoms with Crippen LogP contribution in [0.1, 0.15) is 38.5 Å². The molecule has 4 atom stereocenters. The second-order valence-electron chi connectivity index (χ2n) is 5.84. The van der Waals surface area contributed by atoms with Gasteiger partial charge in [-0.25, -0.2) is 0 Å². The molecular formula is C13H24Br2N2O. The minimum atomic E-state index is -0.0705. The Morgan fingerprint density at radius 1 is 1.11 bits per heavy atom. The summed E-state index contributed by atoms with van der Waals surface area (Å²) in [6.45, 7) is 1.01. The van der Waals surface area contributed by atoms with Gasteiger partial charge in [-0.05, 0) is 51.0 Å². The van der Waals surface area contributed by atoms with Gasteiger partial charge in [0.05, 0.1) is 6.10 Å². The van der Waals surface area contributed by atoms with Gasteiger partial charge in [-0.3, -0.25) is 0 Å². The normalized spacial score (nSPS) is 46.0. The van der Waals surface area contributed by atoms with Crippen LogP contribution in [0.4, 0.5) is 0 Å². The van der Waals surface area contributed by atoms with E-state index >= 15 is 0 Å². The van der Waals surface area contributed by atoms with Crippen LogP contribution in [0.5, 0.6) is 0 Å². The molecule has 0 amide bonds. The summed E-state index contributed by atoms with van der Waals surface area (Å²) in [4.78, 5) is 1.01. The Labute approximate surface area is 127 Å². The SMILES string of the molecule is NC1C(Br)CC(Br)CC1CNC1CCC(O)CC1. The Hall–Kier alpha value is 0.840. The number of hydrogen-bond donors (Lipinski definition) is 3. The number of halogens is 2. The van der Waals surface area contributed by atoms with Gasteiger partial charge in [-0.1, -0.05) is 31.9 Å². The van der Waals surface area contributed by atoms with Crippen molar-refractivity contribution in [3.63, 3.8) is 0 Å². The molecule has 2 rings (SSSR count).